The maximum atomic E-state index is 12.7. The van der Waals surface area contributed by atoms with Crippen molar-refractivity contribution in [3.63, 3.8) is 0 Å². The molecule has 6 heteroatoms. The SMILES string of the molecule is CN(C(=O)C(N)Cc1ccccc1)C1CCCN(c2cccnn2)C1. The number of hydrogen-bond donors (Lipinski definition) is 1. The van der Waals surface area contributed by atoms with Crippen LogP contribution in [-0.4, -0.2) is 53.2 Å². The Hall–Kier alpha value is -2.47. The van der Waals surface area contributed by atoms with Crippen LogP contribution in [0.5, 0.6) is 0 Å². The zero-order valence-corrected chi connectivity index (χ0v) is 14.6. The minimum Gasteiger partial charge on any atom is -0.353 e. The molecule has 1 amide bonds. The third kappa shape index (κ3) is 4.33. The van der Waals surface area contributed by atoms with E-state index in [-0.39, 0.29) is 11.9 Å². The molecule has 1 saturated heterocycles. The lowest BCUT2D eigenvalue weighted by molar-refractivity contribution is -0.133. The standard InChI is InChI=1S/C19H25N5O/c1-23(19(25)17(20)13-15-7-3-2-4-8-15)16-9-6-12-24(14-16)18-10-5-11-21-22-18/h2-5,7-8,10-11,16-17H,6,9,12-14,20H2,1H3. The van der Waals surface area contributed by atoms with E-state index >= 15 is 0 Å². The summed E-state index contributed by atoms with van der Waals surface area (Å²) in [5.74, 6) is 0.858. The lowest BCUT2D eigenvalue weighted by atomic mass is 10.0. The van der Waals surface area contributed by atoms with Gasteiger partial charge in [-0.15, -0.1) is 5.10 Å². The monoisotopic (exact) mass is 339 g/mol. The molecule has 0 bridgehead atoms. The molecule has 2 atom stereocenters. The number of piperidine rings is 1. The second-order valence-electron chi connectivity index (χ2n) is 6.57. The zero-order valence-electron chi connectivity index (χ0n) is 14.6. The van der Waals surface area contributed by atoms with Crippen LogP contribution in [0.3, 0.4) is 0 Å². The topological polar surface area (TPSA) is 75.3 Å². The summed E-state index contributed by atoms with van der Waals surface area (Å²) in [4.78, 5) is 16.7. The molecule has 6 nitrogen and oxygen atoms in total. The van der Waals surface area contributed by atoms with Crippen molar-refractivity contribution in [2.45, 2.75) is 31.3 Å². The predicted molar refractivity (Wildman–Crippen MR) is 98.2 cm³/mol. The van der Waals surface area contributed by atoms with Crippen LogP contribution in [0.4, 0.5) is 5.82 Å². The highest BCUT2D eigenvalue weighted by Gasteiger charge is 2.29. The molecular weight excluding hydrogens is 314 g/mol. The minimum absolute atomic E-state index is 0.00477. The predicted octanol–water partition coefficient (Wildman–Crippen LogP) is 1.47. The van der Waals surface area contributed by atoms with Crippen molar-refractivity contribution in [3.8, 4) is 0 Å². The number of carbonyl (C=O) groups excluding carboxylic acids is 1. The van der Waals surface area contributed by atoms with Crippen molar-refractivity contribution in [2.75, 3.05) is 25.0 Å². The molecular formula is C19H25N5O. The van der Waals surface area contributed by atoms with Gasteiger partial charge in [-0.05, 0) is 37.0 Å². The molecule has 0 saturated carbocycles. The van der Waals surface area contributed by atoms with Gasteiger partial charge >= 0.3 is 0 Å². The molecule has 1 aromatic carbocycles. The third-order valence-electron chi connectivity index (χ3n) is 4.79. The number of amides is 1. The van der Waals surface area contributed by atoms with Crippen LogP contribution in [0, 0.1) is 0 Å². The highest BCUT2D eigenvalue weighted by Crippen LogP contribution is 2.20. The van der Waals surface area contributed by atoms with Gasteiger partial charge in [-0.3, -0.25) is 4.79 Å². The smallest absolute Gasteiger partial charge is 0.239 e. The van der Waals surface area contributed by atoms with E-state index in [1.54, 1.807) is 6.20 Å². The van der Waals surface area contributed by atoms with Gasteiger partial charge in [-0.2, -0.15) is 5.10 Å². The van der Waals surface area contributed by atoms with Gasteiger partial charge in [0.2, 0.25) is 5.91 Å². The number of rotatable bonds is 5. The molecule has 25 heavy (non-hydrogen) atoms. The first kappa shape index (κ1) is 17.4. The Labute approximate surface area is 148 Å². The molecule has 132 valence electrons. The van der Waals surface area contributed by atoms with E-state index in [4.69, 9.17) is 5.73 Å². The summed E-state index contributed by atoms with van der Waals surface area (Å²) in [7, 11) is 1.86. The summed E-state index contributed by atoms with van der Waals surface area (Å²) >= 11 is 0. The number of nitrogens with two attached hydrogens (primary N) is 1. The zero-order chi connectivity index (χ0) is 17.6. The number of likely N-dealkylation sites (N-methyl/N-ethyl adjacent to an activating group) is 1. The number of carbonyl (C=O) groups is 1. The van der Waals surface area contributed by atoms with E-state index in [2.05, 4.69) is 15.1 Å². The van der Waals surface area contributed by atoms with Crippen LogP contribution in [-0.2, 0) is 11.2 Å². The number of nitrogens with zero attached hydrogens (tertiary/aromatic N) is 4. The molecule has 1 aromatic heterocycles. The fraction of sp³-hybridized carbons (Fsp3) is 0.421. The highest BCUT2D eigenvalue weighted by atomic mass is 16.2. The first-order valence-electron chi connectivity index (χ1n) is 8.74. The Balaban J connectivity index is 1.61. The van der Waals surface area contributed by atoms with Crippen molar-refractivity contribution < 1.29 is 4.79 Å². The Morgan fingerprint density at radius 3 is 2.84 bits per heavy atom. The summed E-state index contributed by atoms with van der Waals surface area (Å²) in [6.45, 7) is 1.70. The lowest BCUT2D eigenvalue weighted by Crippen LogP contribution is -2.53. The molecule has 2 N–H and O–H groups in total. The second-order valence-corrected chi connectivity index (χ2v) is 6.57. The van der Waals surface area contributed by atoms with Crippen LogP contribution in [0.2, 0.25) is 0 Å². The number of hydrogen-bond acceptors (Lipinski definition) is 5. The van der Waals surface area contributed by atoms with Gasteiger partial charge in [0.05, 0.1) is 6.04 Å². The minimum atomic E-state index is -0.515. The summed E-state index contributed by atoms with van der Waals surface area (Å²) in [5.41, 5.74) is 7.26. The van der Waals surface area contributed by atoms with Gasteiger partial charge in [0.1, 0.15) is 0 Å². The first-order valence-corrected chi connectivity index (χ1v) is 8.74. The fourth-order valence-corrected chi connectivity index (χ4v) is 3.34. The van der Waals surface area contributed by atoms with Gasteiger partial charge in [-0.1, -0.05) is 30.3 Å². The fourth-order valence-electron chi connectivity index (χ4n) is 3.34. The normalized spacial score (nSPS) is 18.6. The molecule has 2 heterocycles. The van der Waals surface area contributed by atoms with Crippen LogP contribution in [0.25, 0.3) is 0 Å². The van der Waals surface area contributed by atoms with Crippen LogP contribution in [0.1, 0.15) is 18.4 Å². The van der Waals surface area contributed by atoms with Crippen LogP contribution < -0.4 is 10.6 Å². The number of aromatic nitrogens is 2. The van der Waals surface area contributed by atoms with Crippen molar-refractivity contribution in [2.24, 2.45) is 5.73 Å². The lowest BCUT2D eigenvalue weighted by Gasteiger charge is -2.38. The quantitative estimate of drug-likeness (QED) is 0.893. The summed E-state index contributed by atoms with van der Waals surface area (Å²) in [5, 5.41) is 8.13. The Morgan fingerprint density at radius 2 is 2.12 bits per heavy atom. The van der Waals surface area contributed by atoms with E-state index in [1.165, 1.54) is 0 Å². The van der Waals surface area contributed by atoms with E-state index in [1.807, 2.05) is 54.4 Å². The van der Waals surface area contributed by atoms with Crippen molar-refractivity contribution in [3.05, 3.63) is 54.2 Å². The Bertz CT molecular complexity index is 679. The van der Waals surface area contributed by atoms with Gasteiger partial charge < -0.3 is 15.5 Å². The van der Waals surface area contributed by atoms with E-state index in [9.17, 15) is 4.79 Å². The van der Waals surface area contributed by atoms with Gasteiger partial charge in [0.25, 0.3) is 0 Å². The molecule has 2 unspecified atom stereocenters. The van der Waals surface area contributed by atoms with Crippen molar-refractivity contribution >= 4 is 11.7 Å². The van der Waals surface area contributed by atoms with Gasteiger partial charge in [0.15, 0.2) is 5.82 Å². The van der Waals surface area contributed by atoms with Crippen molar-refractivity contribution in [1.82, 2.24) is 15.1 Å². The molecule has 3 rings (SSSR count). The maximum absolute atomic E-state index is 12.7. The third-order valence-corrected chi connectivity index (χ3v) is 4.79. The second kappa shape index (κ2) is 8.07. The molecule has 1 aliphatic rings. The van der Waals surface area contributed by atoms with Crippen molar-refractivity contribution in [1.29, 1.82) is 0 Å². The maximum Gasteiger partial charge on any atom is 0.239 e. The number of anilines is 1. The van der Waals surface area contributed by atoms with Crippen LogP contribution >= 0.6 is 0 Å². The Morgan fingerprint density at radius 1 is 1.32 bits per heavy atom. The van der Waals surface area contributed by atoms with E-state index in [0.717, 1.165) is 37.3 Å². The average Bonchev–Trinajstić information content (AvgIpc) is 2.68. The molecule has 1 fully saturated rings. The first-order chi connectivity index (χ1) is 12.1. The largest absolute Gasteiger partial charge is 0.353 e. The summed E-state index contributed by atoms with van der Waals surface area (Å²) in [6.07, 6.45) is 4.23. The van der Waals surface area contributed by atoms with Gasteiger partial charge in [0, 0.05) is 32.4 Å². The molecule has 2 aromatic rings. The molecule has 0 spiro atoms. The summed E-state index contributed by atoms with van der Waals surface area (Å²) < 4.78 is 0. The van der Waals surface area contributed by atoms with Crippen LogP contribution in [0.15, 0.2) is 48.7 Å². The van der Waals surface area contributed by atoms with E-state index < -0.39 is 6.04 Å². The number of benzene rings is 1. The van der Waals surface area contributed by atoms with Gasteiger partial charge in [-0.25, -0.2) is 0 Å². The average molecular weight is 339 g/mol. The molecule has 0 radical (unpaired) electrons. The molecule has 1 aliphatic heterocycles. The Kier molecular flexibility index (Phi) is 5.60. The summed E-state index contributed by atoms with van der Waals surface area (Å²) in [6, 6.07) is 13.4. The highest BCUT2D eigenvalue weighted by molar-refractivity contribution is 5.82. The molecule has 0 aliphatic carbocycles. The van der Waals surface area contributed by atoms with E-state index in [0.29, 0.717) is 6.42 Å².